The van der Waals surface area contributed by atoms with Gasteiger partial charge in [0.2, 0.25) is 0 Å². The maximum Gasteiger partial charge on any atom is 0.153 e. The Morgan fingerprint density at radius 1 is 1.35 bits per heavy atom. The Kier molecular flexibility index (Phi) is 5.43. The van der Waals surface area contributed by atoms with Crippen LogP contribution in [0.25, 0.3) is 0 Å². The zero-order valence-corrected chi connectivity index (χ0v) is 10.4. The molecule has 0 spiro atoms. The van der Waals surface area contributed by atoms with E-state index in [1.165, 1.54) is 0 Å². The summed E-state index contributed by atoms with van der Waals surface area (Å²) in [5.74, 6) is 0.641. The van der Waals surface area contributed by atoms with Crippen molar-refractivity contribution in [2.45, 2.75) is 13.3 Å². The lowest BCUT2D eigenvalue weighted by Crippen LogP contribution is -2.08. The number of aldehydes is 1. The second-order valence-electron chi connectivity index (χ2n) is 3.79. The van der Waals surface area contributed by atoms with Crippen LogP contribution in [0.3, 0.4) is 0 Å². The summed E-state index contributed by atoms with van der Waals surface area (Å²) < 4.78 is 10.5. The molecule has 0 heterocycles. The van der Waals surface area contributed by atoms with E-state index in [2.05, 4.69) is 6.58 Å². The number of carbonyl (C=O) groups is 1. The fraction of sp³-hybridized carbons (Fsp3) is 0.357. The van der Waals surface area contributed by atoms with E-state index in [4.69, 9.17) is 9.47 Å². The van der Waals surface area contributed by atoms with E-state index in [9.17, 15) is 4.79 Å². The van der Waals surface area contributed by atoms with Gasteiger partial charge in [0.1, 0.15) is 12.4 Å². The van der Waals surface area contributed by atoms with E-state index in [1.807, 2.05) is 19.1 Å². The van der Waals surface area contributed by atoms with Crippen LogP contribution < -0.4 is 4.74 Å². The molecule has 0 N–H and O–H groups in total. The molecule has 0 aliphatic rings. The highest BCUT2D eigenvalue weighted by atomic mass is 16.5. The first kappa shape index (κ1) is 13.5. The van der Waals surface area contributed by atoms with Crippen LogP contribution in [-0.2, 0) is 11.2 Å². The maximum absolute atomic E-state index is 11.0. The maximum atomic E-state index is 11.0. The fourth-order valence-corrected chi connectivity index (χ4v) is 1.68. The van der Waals surface area contributed by atoms with Crippen molar-refractivity contribution >= 4 is 6.29 Å². The van der Waals surface area contributed by atoms with Crippen molar-refractivity contribution in [2.75, 3.05) is 20.3 Å². The number of benzene rings is 1. The normalized spacial score (nSPS) is 10.0. The lowest BCUT2D eigenvalue weighted by molar-refractivity contribution is 0.111. The molecule has 0 amide bonds. The smallest absolute Gasteiger partial charge is 0.153 e. The zero-order chi connectivity index (χ0) is 12.7. The highest BCUT2D eigenvalue weighted by Gasteiger charge is 2.10. The van der Waals surface area contributed by atoms with Crippen LogP contribution in [0, 0.1) is 6.92 Å². The third kappa shape index (κ3) is 3.71. The van der Waals surface area contributed by atoms with Gasteiger partial charge in [-0.25, -0.2) is 0 Å². The molecule has 17 heavy (non-hydrogen) atoms. The molecule has 0 saturated carbocycles. The Bertz CT molecular complexity index is 397. The van der Waals surface area contributed by atoms with E-state index in [-0.39, 0.29) is 0 Å². The molecule has 0 fully saturated rings. The van der Waals surface area contributed by atoms with Gasteiger partial charge in [-0.15, -0.1) is 6.58 Å². The summed E-state index contributed by atoms with van der Waals surface area (Å²) in [6, 6.07) is 3.83. The second kappa shape index (κ2) is 6.86. The van der Waals surface area contributed by atoms with Gasteiger partial charge in [0.15, 0.2) is 6.29 Å². The molecule has 0 bridgehead atoms. The minimum atomic E-state index is 0.435. The molecule has 0 aromatic heterocycles. The van der Waals surface area contributed by atoms with Gasteiger partial charge in [-0.2, -0.15) is 0 Å². The molecular weight excluding hydrogens is 216 g/mol. The Morgan fingerprint density at radius 3 is 2.71 bits per heavy atom. The second-order valence-corrected chi connectivity index (χ2v) is 3.79. The van der Waals surface area contributed by atoms with Crippen molar-refractivity contribution in [3.8, 4) is 5.75 Å². The fourth-order valence-electron chi connectivity index (χ4n) is 1.68. The van der Waals surface area contributed by atoms with Gasteiger partial charge >= 0.3 is 0 Å². The number of carbonyl (C=O) groups excluding carboxylic acids is 1. The van der Waals surface area contributed by atoms with Gasteiger partial charge in [-0.1, -0.05) is 12.1 Å². The number of allylic oxidation sites excluding steroid dienone is 1. The first-order chi connectivity index (χ1) is 8.22. The predicted octanol–water partition coefficient (Wildman–Crippen LogP) is 2.56. The van der Waals surface area contributed by atoms with Crippen molar-refractivity contribution in [2.24, 2.45) is 0 Å². The summed E-state index contributed by atoms with van der Waals surface area (Å²) in [6.07, 6.45) is 3.30. The Morgan fingerprint density at radius 2 is 2.12 bits per heavy atom. The summed E-state index contributed by atoms with van der Waals surface area (Å²) in [7, 11) is 1.61. The molecule has 0 unspecified atom stereocenters. The van der Waals surface area contributed by atoms with Crippen molar-refractivity contribution in [1.82, 2.24) is 0 Å². The van der Waals surface area contributed by atoms with E-state index in [1.54, 1.807) is 13.2 Å². The van der Waals surface area contributed by atoms with Gasteiger partial charge in [-0.3, -0.25) is 4.79 Å². The van der Waals surface area contributed by atoms with Gasteiger partial charge in [0.05, 0.1) is 12.2 Å². The predicted molar refractivity (Wildman–Crippen MR) is 67.8 cm³/mol. The molecule has 0 radical (unpaired) electrons. The number of methoxy groups -OCH3 is 1. The summed E-state index contributed by atoms with van der Waals surface area (Å²) in [5.41, 5.74) is 2.61. The van der Waals surface area contributed by atoms with Gasteiger partial charge in [0, 0.05) is 7.11 Å². The van der Waals surface area contributed by atoms with E-state index >= 15 is 0 Å². The molecule has 0 atom stereocenters. The number of aryl methyl sites for hydroxylation is 1. The summed E-state index contributed by atoms with van der Waals surface area (Å²) in [5, 5.41) is 0. The van der Waals surface area contributed by atoms with E-state index < -0.39 is 0 Å². The van der Waals surface area contributed by atoms with Crippen LogP contribution in [-0.4, -0.2) is 26.6 Å². The number of hydrogen-bond acceptors (Lipinski definition) is 3. The van der Waals surface area contributed by atoms with Crippen LogP contribution >= 0.6 is 0 Å². The molecule has 1 aromatic rings. The SMILES string of the molecule is C=CCc1cc(C)cc(C=O)c1OCCOC. The van der Waals surface area contributed by atoms with Crippen LogP contribution in [0.5, 0.6) is 5.75 Å². The topological polar surface area (TPSA) is 35.5 Å². The van der Waals surface area contributed by atoms with Gasteiger partial charge in [-0.05, 0) is 30.5 Å². The molecule has 0 saturated heterocycles. The summed E-state index contributed by atoms with van der Waals surface area (Å²) in [4.78, 5) is 11.0. The number of rotatable bonds is 7. The zero-order valence-electron chi connectivity index (χ0n) is 10.4. The van der Waals surface area contributed by atoms with Crippen molar-refractivity contribution < 1.29 is 14.3 Å². The Labute approximate surface area is 102 Å². The number of ether oxygens (including phenoxy) is 2. The molecule has 3 heteroatoms. The van der Waals surface area contributed by atoms with Gasteiger partial charge in [0.25, 0.3) is 0 Å². The van der Waals surface area contributed by atoms with Crippen LogP contribution in [0.15, 0.2) is 24.8 Å². The Hall–Kier alpha value is -1.61. The third-order valence-corrected chi connectivity index (χ3v) is 2.36. The highest BCUT2D eigenvalue weighted by molar-refractivity contribution is 5.80. The molecule has 0 aliphatic carbocycles. The van der Waals surface area contributed by atoms with Crippen molar-refractivity contribution in [1.29, 1.82) is 0 Å². The van der Waals surface area contributed by atoms with Crippen LogP contribution in [0.4, 0.5) is 0 Å². The van der Waals surface area contributed by atoms with Crippen LogP contribution in [0.2, 0.25) is 0 Å². The first-order valence-electron chi connectivity index (χ1n) is 5.54. The number of hydrogen-bond donors (Lipinski definition) is 0. The molecule has 3 nitrogen and oxygen atoms in total. The lowest BCUT2D eigenvalue weighted by atomic mass is 10.0. The minimum absolute atomic E-state index is 0.435. The third-order valence-electron chi connectivity index (χ3n) is 2.36. The van der Waals surface area contributed by atoms with Gasteiger partial charge < -0.3 is 9.47 Å². The molecule has 1 rings (SSSR count). The Balaban J connectivity index is 3.02. The average molecular weight is 234 g/mol. The minimum Gasteiger partial charge on any atom is -0.490 e. The monoisotopic (exact) mass is 234 g/mol. The largest absolute Gasteiger partial charge is 0.490 e. The standard InChI is InChI=1S/C14H18O3/c1-4-5-12-8-11(2)9-13(10-15)14(12)17-7-6-16-3/h4,8-10H,1,5-7H2,2-3H3. The summed E-state index contributed by atoms with van der Waals surface area (Å²) in [6.45, 7) is 6.60. The first-order valence-corrected chi connectivity index (χ1v) is 5.54. The molecule has 1 aromatic carbocycles. The average Bonchev–Trinajstić information content (AvgIpc) is 2.31. The lowest BCUT2D eigenvalue weighted by Gasteiger charge is -2.13. The molecule has 0 aliphatic heterocycles. The molecule has 92 valence electrons. The quantitative estimate of drug-likeness (QED) is 0.413. The van der Waals surface area contributed by atoms with E-state index in [0.717, 1.165) is 17.4 Å². The van der Waals surface area contributed by atoms with Crippen LogP contribution in [0.1, 0.15) is 21.5 Å². The highest BCUT2D eigenvalue weighted by Crippen LogP contribution is 2.25. The van der Waals surface area contributed by atoms with E-state index in [0.29, 0.717) is 30.9 Å². The van der Waals surface area contributed by atoms with Crippen molar-refractivity contribution in [3.05, 3.63) is 41.5 Å². The van der Waals surface area contributed by atoms with Crippen molar-refractivity contribution in [3.63, 3.8) is 0 Å². The molecular formula is C14H18O3. The summed E-state index contributed by atoms with van der Waals surface area (Å²) >= 11 is 0.